The zero-order chi connectivity index (χ0) is 24.1. The van der Waals surface area contributed by atoms with Gasteiger partial charge >= 0.3 is 12.1 Å². The zero-order valence-corrected chi connectivity index (χ0v) is 18.2. The van der Waals surface area contributed by atoms with Crippen molar-refractivity contribution in [3.63, 3.8) is 0 Å². The molecule has 0 spiro atoms. The summed E-state index contributed by atoms with van der Waals surface area (Å²) in [6.45, 7) is 4.81. The van der Waals surface area contributed by atoms with Crippen LogP contribution in [0.1, 0.15) is 41.1 Å². The summed E-state index contributed by atoms with van der Waals surface area (Å²) < 4.78 is 37.8. The lowest BCUT2D eigenvalue weighted by Crippen LogP contribution is -2.35. The van der Waals surface area contributed by atoms with Gasteiger partial charge in [-0.2, -0.15) is 13.2 Å². The van der Waals surface area contributed by atoms with Gasteiger partial charge in [0.25, 0.3) is 5.91 Å². The van der Waals surface area contributed by atoms with E-state index in [-0.39, 0.29) is 11.3 Å². The molecule has 1 saturated carbocycles. The molecule has 2 aromatic rings. The van der Waals surface area contributed by atoms with Crippen LogP contribution in [0.5, 0.6) is 0 Å². The molecule has 7 nitrogen and oxygen atoms in total. The van der Waals surface area contributed by atoms with Crippen LogP contribution in [-0.2, 0) is 16.1 Å². The Morgan fingerprint density at radius 1 is 1.24 bits per heavy atom. The van der Waals surface area contributed by atoms with Crippen molar-refractivity contribution in [1.82, 2.24) is 14.9 Å². The summed E-state index contributed by atoms with van der Waals surface area (Å²) in [7, 11) is 0. The molecule has 2 aromatic heterocycles. The van der Waals surface area contributed by atoms with Gasteiger partial charge in [0.2, 0.25) is 0 Å². The maximum absolute atomic E-state index is 12.8. The molecule has 1 aliphatic carbocycles. The second kappa shape index (κ2) is 10.3. The van der Waals surface area contributed by atoms with Crippen molar-refractivity contribution in [3.05, 3.63) is 59.7 Å². The van der Waals surface area contributed by atoms with Crippen molar-refractivity contribution in [2.24, 2.45) is 11.3 Å². The average Bonchev–Trinajstić information content (AvgIpc) is 3.31. The Bertz CT molecular complexity index is 971. The highest BCUT2D eigenvalue weighted by atomic mass is 19.4. The minimum Gasteiger partial charge on any atom is -0.475 e. The third-order valence-electron chi connectivity index (χ3n) is 6.04. The van der Waals surface area contributed by atoms with Gasteiger partial charge < -0.3 is 14.7 Å². The predicted octanol–water partition coefficient (Wildman–Crippen LogP) is 3.88. The van der Waals surface area contributed by atoms with E-state index in [1.807, 2.05) is 42.2 Å². The molecule has 1 amide bonds. The van der Waals surface area contributed by atoms with Crippen LogP contribution in [0.2, 0.25) is 0 Å². The Labute approximate surface area is 189 Å². The van der Waals surface area contributed by atoms with Crippen LogP contribution < -0.4 is 0 Å². The summed E-state index contributed by atoms with van der Waals surface area (Å²) in [6.07, 6.45) is 0.128. The SMILES string of the molecule is Cc1cccc(COC[C@@]23CCC[C@@H]2CN(C(=O)c2ccccn2)C3)n1.O=C(O)C(F)(F)F. The summed E-state index contributed by atoms with van der Waals surface area (Å²) in [5, 5.41) is 7.12. The Morgan fingerprint density at radius 2 is 2.00 bits per heavy atom. The maximum atomic E-state index is 12.8. The van der Waals surface area contributed by atoms with Crippen LogP contribution in [0.15, 0.2) is 42.6 Å². The van der Waals surface area contributed by atoms with Crippen LogP contribution >= 0.6 is 0 Å². The quantitative estimate of drug-likeness (QED) is 0.721. The molecule has 178 valence electrons. The van der Waals surface area contributed by atoms with Crippen molar-refractivity contribution in [2.45, 2.75) is 39.0 Å². The van der Waals surface area contributed by atoms with Gasteiger partial charge in [-0.05, 0) is 49.9 Å². The van der Waals surface area contributed by atoms with E-state index >= 15 is 0 Å². The van der Waals surface area contributed by atoms with E-state index in [4.69, 9.17) is 14.6 Å². The number of carboxylic acid groups (broad SMARTS) is 1. The van der Waals surface area contributed by atoms with E-state index in [2.05, 4.69) is 9.97 Å². The first-order chi connectivity index (χ1) is 15.6. The monoisotopic (exact) mass is 465 g/mol. The third-order valence-corrected chi connectivity index (χ3v) is 6.04. The first-order valence-corrected chi connectivity index (χ1v) is 10.6. The van der Waals surface area contributed by atoms with Gasteiger partial charge in [-0.1, -0.05) is 18.6 Å². The molecule has 3 heterocycles. The van der Waals surface area contributed by atoms with Gasteiger partial charge in [0.15, 0.2) is 0 Å². The number of rotatable bonds is 5. The van der Waals surface area contributed by atoms with Crippen molar-refractivity contribution in [2.75, 3.05) is 19.7 Å². The molecular formula is C23H26F3N3O4. The second-order valence-electron chi connectivity index (χ2n) is 8.42. The normalized spacial score (nSPS) is 21.8. The molecule has 0 radical (unpaired) electrons. The Hall–Kier alpha value is -3.01. The number of hydrogen-bond acceptors (Lipinski definition) is 5. The van der Waals surface area contributed by atoms with Gasteiger partial charge in [0.05, 0.1) is 18.9 Å². The number of amides is 1. The Kier molecular flexibility index (Phi) is 7.68. The van der Waals surface area contributed by atoms with Gasteiger partial charge in [0.1, 0.15) is 5.69 Å². The standard InChI is InChI=1S/C21H25N3O2.C2HF3O2/c1-16-6-4-8-18(23-16)13-26-15-21-10-5-7-17(21)12-24(14-21)20(25)19-9-2-3-11-22-19;3-2(4,5)1(6)7/h2-4,6,8-9,11,17H,5,7,10,12-15H2,1H3;(H,6,7)/t17-,21+;/m1./s1. The molecule has 0 aromatic carbocycles. The zero-order valence-electron chi connectivity index (χ0n) is 18.2. The topological polar surface area (TPSA) is 92.6 Å². The fourth-order valence-corrected chi connectivity index (χ4v) is 4.50. The highest BCUT2D eigenvalue weighted by Crippen LogP contribution is 2.49. The number of fused-ring (bicyclic) bond motifs is 1. The molecular weight excluding hydrogens is 439 g/mol. The lowest BCUT2D eigenvalue weighted by Gasteiger charge is -2.28. The van der Waals surface area contributed by atoms with Crippen molar-refractivity contribution in [3.8, 4) is 0 Å². The number of halogens is 3. The van der Waals surface area contributed by atoms with E-state index < -0.39 is 12.1 Å². The molecule has 1 N–H and O–H groups in total. The van der Waals surface area contributed by atoms with E-state index in [1.54, 1.807) is 12.3 Å². The number of aromatic nitrogens is 2. The molecule has 0 unspecified atom stereocenters. The molecule has 1 aliphatic heterocycles. The number of ether oxygens (including phenoxy) is 1. The highest BCUT2D eigenvalue weighted by Gasteiger charge is 2.51. The summed E-state index contributed by atoms with van der Waals surface area (Å²) >= 11 is 0. The molecule has 33 heavy (non-hydrogen) atoms. The van der Waals surface area contributed by atoms with Crippen molar-refractivity contribution in [1.29, 1.82) is 0 Å². The van der Waals surface area contributed by atoms with E-state index in [0.717, 1.165) is 30.9 Å². The number of alkyl halides is 3. The van der Waals surface area contributed by atoms with Gasteiger partial charge in [-0.15, -0.1) is 0 Å². The number of carbonyl (C=O) groups is 2. The van der Waals surface area contributed by atoms with Crippen molar-refractivity contribution < 1.29 is 32.6 Å². The van der Waals surface area contributed by atoms with Crippen LogP contribution in [-0.4, -0.2) is 57.7 Å². The number of hydrogen-bond donors (Lipinski definition) is 1. The minimum absolute atomic E-state index is 0.0414. The fraction of sp³-hybridized carbons (Fsp3) is 0.478. The van der Waals surface area contributed by atoms with E-state index in [1.165, 1.54) is 12.8 Å². The molecule has 4 rings (SSSR count). The summed E-state index contributed by atoms with van der Waals surface area (Å²) in [4.78, 5) is 32.4. The van der Waals surface area contributed by atoms with Gasteiger partial charge in [-0.3, -0.25) is 14.8 Å². The van der Waals surface area contributed by atoms with Crippen molar-refractivity contribution >= 4 is 11.9 Å². The van der Waals surface area contributed by atoms with E-state index in [9.17, 15) is 18.0 Å². The van der Waals surface area contributed by atoms with Gasteiger partial charge in [-0.25, -0.2) is 4.79 Å². The fourth-order valence-electron chi connectivity index (χ4n) is 4.50. The summed E-state index contributed by atoms with van der Waals surface area (Å²) in [5.41, 5.74) is 2.60. The highest BCUT2D eigenvalue weighted by molar-refractivity contribution is 5.92. The number of carboxylic acids is 1. The maximum Gasteiger partial charge on any atom is 0.490 e. The molecule has 0 bridgehead atoms. The van der Waals surface area contributed by atoms with Crippen LogP contribution in [0.25, 0.3) is 0 Å². The molecule has 2 atom stereocenters. The predicted molar refractivity (Wildman–Crippen MR) is 112 cm³/mol. The number of nitrogens with zero attached hydrogens (tertiary/aromatic N) is 3. The summed E-state index contributed by atoms with van der Waals surface area (Å²) in [5.74, 6) is -2.19. The van der Waals surface area contributed by atoms with Gasteiger partial charge in [0, 0.05) is 30.4 Å². The third kappa shape index (κ3) is 6.28. The number of aliphatic carboxylic acids is 1. The minimum atomic E-state index is -5.08. The number of carbonyl (C=O) groups excluding carboxylic acids is 1. The second-order valence-corrected chi connectivity index (χ2v) is 8.42. The Morgan fingerprint density at radius 3 is 2.64 bits per heavy atom. The van der Waals surface area contributed by atoms with E-state index in [0.29, 0.717) is 24.8 Å². The number of aryl methyl sites for hydroxylation is 1. The number of pyridine rings is 2. The molecule has 2 aliphatic rings. The number of likely N-dealkylation sites (tertiary alicyclic amines) is 1. The lowest BCUT2D eigenvalue weighted by atomic mass is 9.81. The average molecular weight is 465 g/mol. The Balaban J connectivity index is 0.000000383. The lowest BCUT2D eigenvalue weighted by molar-refractivity contribution is -0.192. The molecule has 2 fully saturated rings. The molecule has 10 heteroatoms. The van der Waals surface area contributed by atoms with Crippen LogP contribution in [0.4, 0.5) is 13.2 Å². The first-order valence-electron chi connectivity index (χ1n) is 10.6. The van der Waals surface area contributed by atoms with Crippen LogP contribution in [0, 0.1) is 18.3 Å². The van der Waals surface area contributed by atoms with Crippen LogP contribution in [0.3, 0.4) is 0 Å². The molecule has 1 saturated heterocycles. The summed E-state index contributed by atoms with van der Waals surface area (Å²) in [6, 6.07) is 11.5. The smallest absolute Gasteiger partial charge is 0.475 e. The largest absolute Gasteiger partial charge is 0.490 e. The first kappa shape index (κ1) is 24.6.